The molecule has 92 valence electrons. The van der Waals surface area contributed by atoms with Gasteiger partial charge in [0.05, 0.1) is 5.56 Å². The van der Waals surface area contributed by atoms with Crippen molar-refractivity contribution in [2.45, 2.75) is 19.1 Å². The predicted molar refractivity (Wildman–Crippen MR) is 58.0 cm³/mol. The lowest BCUT2D eigenvalue weighted by Gasteiger charge is -2.15. The second-order valence-electron chi connectivity index (χ2n) is 3.52. The Morgan fingerprint density at radius 1 is 1.41 bits per heavy atom. The molecule has 2 nitrogen and oxygen atoms in total. The van der Waals surface area contributed by atoms with Crippen LogP contribution in [0.5, 0.6) is 0 Å². The van der Waals surface area contributed by atoms with Crippen LogP contribution in [0.25, 0.3) is 0 Å². The molecule has 0 radical (unpaired) electrons. The van der Waals surface area contributed by atoms with E-state index in [4.69, 9.17) is 10.8 Å². The highest BCUT2D eigenvalue weighted by molar-refractivity contribution is 5.49. The molecule has 3 N–H and O–H groups in total. The molecule has 0 bridgehead atoms. The molecule has 0 saturated carbocycles. The van der Waals surface area contributed by atoms with Gasteiger partial charge in [-0.15, -0.1) is 0 Å². The lowest BCUT2D eigenvalue weighted by molar-refractivity contribution is -0.137. The van der Waals surface area contributed by atoms with E-state index in [0.717, 1.165) is 6.07 Å². The van der Waals surface area contributed by atoms with Gasteiger partial charge in [0.25, 0.3) is 0 Å². The fourth-order valence-corrected chi connectivity index (χ4v) is 1.45. The summed E-state index contributed by atoms with van der Waals surface area (Å²) in [5, 5.41) is 8.56. The maximum absolute atomic E-state index is 12.7. The Balaban J connectivity index is 3.45. The van der Waals surface area contributed by atoms with Crippen molar-refractivity contribution in [3.8, 4) is 11.8 Å². The molecule has 0 aliphatic rings. The van der Waals surface area contributed by atoms with E-state index < -0.39 is 24.4 Å². The minimum absolute atomic E-state index is 0.163. The van der Waals surface area contributed by atoms with Crippen LogP contribution in [0.3, 0.4) is 0 Å². The average Bonchev–Trinajstić information content (AvgIpc) is 2.24. The zero-order chi connectivity index (χ0) is 13.1. The monoisotopic (exact) mass is 243 g/mol. The van der Waals surface area contributed by atoms with Gasteiger partial charge in [-0.3, -0.25) is 0 Å². The molecule has 1 atom stereocenters. The number of aliphatic hydroxyl groups is 1. The third kappa shape index (κ3) is 3.22. The van der Waals surface area contributed by atoms with Crippen LogP contribution in [-0.4, -0.2) is 11.7 Å². The number of halogens is 3. The van der Waals surface area contributed by atoms with Crippen molar-refractivity contribution in [2.75, 3.05) is 6.61 Å². The molecule has 0 aromatic heterocycles. The fourth-order valence-electron chi connectivity index (χ4n) is 1.45. The van der Waals surface area contributed by atoms with E-state index in [1.54, 1.807) is 6.92 Å². The van der Waals surface area contributed by atoms with Crippen LogP contribution in [0.1, 0.15) is 29.7 Å². The van der Waals surface area contributed by atoms with Crippen LogP contribution in [0, 0.1) is 11.8 Å². The second-order valence-corrected chi connectivity index (χ2v) is 3.52. The van der Waals surface area contributed by atoms with Gasteiger partial charge in [0.15, 0.2) is 0 Å². The van der Waals surface area contributed by atoms with E-state index >= 15 is 0 Å². The van der Waals surface area contributed by atoms with Crippen molar-refractivity contribution in [1.29, 1.82) is 0 Å². The van der Waals surface area contributed by atoms with Crippen LogP contribution in [-0.2, 0) is 6.18 Å². The van der Waals surface area contributed by atoms with E-state index in [1.807, 2.05) is 0 Å². The normalized spacial score (nSPS) is 12.8. The summed E-state index contributed by atoms with van der Waals surface area (Å²) in [5.74, 6) is 4.54. The Bertz CT molecular complexity index is 455. The molecule has 0 aliphatic heterocycles. The Kier molecular flexibility index (Phi) is 4.16. The third-order valence-electron chi connectivity index (χ3n) is 2.19. The highest BCUT2D eigenvalue weighted by Crippen LogP contribution is 2.34. The lowest BCUT2D eigenvalue weighted by atomic mass is 9.97. The first-order valence-electron chi connectivity index (χ1n) is 4.93. The van der Waals surface area contributed by atoms with Gasteiger partial charge in [0.2, 0.25) is 0 Å². The van der Waals surface area contributed by atoms with Gasteiger partial charge in [-0.05, 0) is 18.6 Å². The molecule has 0 amide bonds. The zero-order valence-corrected chi connectivity index (χ0v) is 9.17. The quantitative estimate of drug-likeness (QED) is 0.742. The molecule has 0 unspecified atom stereocenters. The highest BCUT2D eigenvalue weighted by Gasteiger charge is 2.34. The Labute approximate surface area is 97.3 Å². The molecule has 0 fully saturated rings. The molecule has 1 aromatic rings. The summed E-state index contributed by atoms with van der Waals surface area (Å²) in [4.78, 5) is 0. The van der Waals surface area contributed by atoms with Crippen molar-refractivity contribution in [1.82, 2.24) is 0 Å². The summed E-state index contributed by atoms with van der Waals surface area (Å²) >= 11 is 0. The van der Waals surface area contributed by atoms with E-state index in [-0.39, 0.29) is 5.56 Å². The zero-order valence-electron chi connectivity index (χ0n) is 9.17. The number of hydrogen-bond donors (Lipinski definition) is 2. The van der Waals surface area contributed by atoms with Crippen molar-refractivity contribution >= 4 is 0 Å². The first-order chi connectivity index (χ1) is 7.88. The van der Waals surface area contributed by atoms with Crippen LogP contribution in [0.4, 0.5) is 13.2 Å². The predicted octanol–water partition coefficient (Wildman–Crippen LogP) is 2.07. The average molecular weight is 243 g/mol. The number of hydrogen-bond acceptors (Lipinski definition) is 2. The summed E-state index contributed by atoms with van der Waals surface area (Å²) in [6, 6.07) is 3.19. The molecule has 5 heteroatoms. The maximum atomic E-state index is 12.7. The first kappa shape index (κ1) is 13.6. The minimum atomic E-state index is -4.48. The summed E-state index contributed by atoms with van der Waals surface area (Å²) in [6.07, 6.45) is -4.48. The number of aliphatic hydroxyl groups excluding tert-OH is 1. The Morgan fingerprint density at radius 2 is 2.06 bits per heavy atom. The van der Waals surface area contributed by atoms with Gasteiger partial charge in [0.1, 0.15) is 6.61 Å². The second kappa shape index (κ2) is 5.21. The van der Waals surface area contributed by atoms with E-state index in [9.17, 15) is 13.2 Å². The fraction of sp³-hybridized carbons (Fsp3) is 0.333. The molecule has 17 heavy (non-hydrogen) atoms. The van der Waals surface area contributed by atoms with Crippen LogP contribution in [0.15, 0.2) is 18.2 Å². The smallest absolute Gasteiger partial charge is 0.384 e. The molecule has 1 rings (SSSR count). The van der Waals surface area contributed by atoms with E-state index in [1.165, 1.54) is 12.1 Å². The number of alkyl halides is 3. The summed E-state index contributed by atoms with van der Waals surface area (Å²) in [7, 11) is 0. The Hall–Kier alpha value is -1.51. The van der Waals surface area contributed by atoms with E-state index in [0.29, 0.717) is 5.56 Å². The Morgan fingerprint density at radius 3 is 2.53 bits per heavy atom. The lowest BCUT2D eigenvalue weighted by Crippen LogP contribution is -2.14. The van der Waals surface area contributed by atoms with Gasteiger partial charge in [0, 0.05) is 11.6 Å². The first-order valence-corrected chi connectivity index (χ1v) is 4.93. The molecule has 0 spiro atoms. The highest BCUT2D eigenvalue weighted by atomic mass is 19.4. The topological polar surface area (TPSA) is 46.2 Å². The largest absolute Gasteiger partial charge is 0.417 e. The van der Waals surface area contributed by atoms with E-state index in [2.05, 4.69) is 11.8 Å². The molecular weight excluding hydrogens is 231 g/mol. The number of benzene rings is 1. The van der Waals surface area contributed by atoms with Crippen LogP contribution >= 0.6 is 0 Å². The van der Waals surface area contributed by atoms with Crippen molar-refractivity contribution < 1.29 is 18.3 Å². The minimum Gasteiger partial charge on any atom is -0.384 e. The number of rotatable bonds is 1. The van der Waals surface area contributed by atoms with Gasteiger partial charge >= 0.3 is 6.18 Å². The maximum Gasteiger partial charge on any atom is 0.417 e. The molecule has 0 heterocycles. The van der Waals surface area contributed by atoms with Crippen molar-refractivity contribution in [3.05, 3.63) is 34.9 Å². The summed E-state index contributed by atoms with van der Waals surface area (Å²) in [6.45, 7) is 1.09. The third-order valence-corrected chi connectivity index (χ3v) is 2.19. The molecule has 1 aromatic carbocycles. The molecule has 0 aliphatic carbocycles. The van der Waals surface area contributed by atoms with Crippen molar-refractivity contribution in [2.24, 2.45) is 5.73 Å². The summed E-state index contributed by atoms with van der Waals surface area (Å²) < 4.78 is 38.2. The standard InChI is InChI=1S/C12H12F3NO/c1-8(16)9-4-2-6-11(12(13,14)15)10(9)5-3-7-17/h2,4,6,8,17H,7,16H2,1H3/t8-/m1/s1. The van der Waals surface area contributed by atoms with Gasteiger partial charge in [-0.1, -0.05) is 24.0 Å². The van der Waals surface area contributed by atoms with Gasteiger partial charge in [-0.2, -0.15) is 13.2 Å². The van der Waals surface area contributed by atoms with Gasteiger partial charge in [-0.25, -0.2) is 0 Å². The summed E-state index contributed by atoms with van der Waals surface area (Å²) in [5.41, 5.74) is 4.93. The van der Waals surface area contributed by atoms with Crippen LogP contribution in [0.2, 0.25) is 0 Å². The SMILES string of the molecule is C[C@@H](N)c1cccc(C(F)(F)F)c1C#CCO. The molecular formula is C12H12F3NO. The number of nitrogens with two attached hydrogens (primary N) is 1. The van der Waals surface area contributed by atoms with Crippen molar-refractivity contribution in [3.63, 3.8) is 0 Å². The molecule has 0 saturated heterocycles. The van der Waals surface area contributed by atoms with Gasteiger partial charge < -0.3 is 10.8 Å². The van der Waals surface area contributed by atoms with Crippen LogP contribution < -0.4 is 5.73 Å².